The van der Waals surface area contributed by atoms with Gasteiger partial charge in [-0.25, -0.2) is 0 Å². The minimum atomic E-state index is -0.399. The molecule has 0 saturated heterocycles. The van der Waals surface area contributed by atoms with Crippen LogP contribution in [0.1, 0.15) is 10.5 Å². The average Bonchev–Trinajstić information content (AvgIpc) is 3.12. The Balaban J connectivity index is 1.78. The van der Waals surface area contributed by atoms with Gasteiger partial charge in [-0.15, -0.1) is 0 Å². The van der Waals surface area contributed by atoms with E-state index < -0.39 is 5.91 Å². The minimum absolute atomic E-state index is 0.157. The number of methoxy groups -OCH3 is 2. The number of ether oxygens (including phenoxy) is 2. The van der Waals surface area contributed by atoms with Gasteiger partial charge in [-0.2, -0.15) is 0 Å². The summed E-state index contributed by atoms with van der Waals surface area (Å²) in [6, 6.07) is 13.7. The Kier molecular flexibility index (Phi) is 4.90. The second kappa shape index (κ2) is 7.27. The zero-order valence-electron chi connectivity index (χ0n) is 13.6. The third-order valence-corrected chi connectivity index (χ3v) is 3.73. The highest BCUT2D eigenvalue weighted by atomic mass is 35.5. The molecule has 7 heteroatoms. The first kappa shape index (κ1) is 16.9. The predicted molar refractivity (Wildman–Crippen MR) is 94.4 cm³/mol. The maximum absolute atomic E-state index is 12.3. The number of nitrogens with zero attached hydrogens (tertiary/aromatic N) is 1. The van der Waals surface area contributed by atoms with E-state index in [0.29, 0.717) is 28.0 Å². The van der Waals surface area contributed by atoms with Gasteiger partial charge in [0, 0.05) is 28.4 Å². The third-order valence-electron chi connectivity index (χ3n) is 3.49. The Labute approximate surface area is 149 Å². The van der Waals surface area contributed by atoms with Crippen molar-refractivity contribution in [2.75, 3.05) is 19.5 Å². The normalized spacial score (nSPS) is 10.4. The van der Waals surface area contributed by atoms with Crippen molar-refractivity contribution in [3.63, 3.8) is 0 Å². The zero-order valence-corrected chi connectivity index (χ0v) is 14.3. The van der Waals surface area contributed by atoms with Crippen molar-refractivity contribution in [1.29, 1.82) is 0 Å². The standard InChI is InChI=1S/C18H15ClN2O4/c1-23-15-7-6-13(9-17(15)24-2)20-18(22)14-10-16(25-21-14)11-4-3-5-12(19)8-11/h3-10H,1-2H3,(H,20,22). The van der Waals surface area contributed by atoms with Gasteiger partial charge in [-0.1, -0.05) is 28.9 Å². The van der Waals surface area contributed by atoms with Crippen molar-refractivity contribution in [1.82, 2.24) is 5.16 Å². The number of carbonyl (C=O) groups is 1. The fourth-order valence-electron chi connectivity index (χ4n) is 2.27. The van der Waals surface area contributed by atoms with Gasteiger partial charge in [0.2, 0.25) is 0 Å². The van der Waals surface area contributed by atoms with Gasteiger partial charge in [-0.05, 0) is 24.3 Å². The van der Waals surface area contributed by atoms with Crippen LogP contribution in [0.2, 0.25) is 5.02 Å². The Bertz CT molecular complexity index is 908. The Morgan fingerprint density at radius 1 is 1.08 bits per heavy atom. The summed E-state index contributed by atoms with van der Waals surface area (Å²) < 4.78 is 15.6. The van der Waals surface area contributed by atoms with Crippen molar-refractivity contribution in [2.45, 2.75) is 0 Å². The summed E-state index contributed by atoms with van der Waals surface area (Å²) in [6.45, 7) is 0. The number of amides is 1. The van der Waals surface area contributed by atoms with Crippen LogP contribution in [0, 0.1) is 0 Å². The molecule has 3 rings (SSSR count). The van der Waals surface area contributed by atoms with Gasteiger partial charge in [-0.3, -0.25) is 4.79 Å². The largest absolute Gasteiger partial charge is 0.493 e. The third kappa shape index (κ3) is 3.75. The summed E-state index contributed by atoms with van der Waals surface area (Å²) in [7, 11) is 3.07. The molecule has 0 unspecified atom stereocenters. The first-order valence-electron chi connectivity index (χ1n) is 7.36. The first-order chi connectivity index (χ1) is 12.1. The monoisotopic (exact) mass is 358 g/mol. The van der Waals surface area contributed by atoms with Gasteiger partial charge in [0.15, 0.2) is 23.0 Å². The van der Waals surface area contributed by atoms with E-state index in [9.17, 15) is 4.79 Å². The number of anilines is 1. The van der Waals surface area contributed by atoms with Gasteiger partial charge >= 0.3 is 0 Å². The SMILES string of the molecule is COc1ccc(NC(=O)c2cc(-c3cccc(Cl)c3)on2)cc1OC. The molecule has 0 aliphatic rings. The molecule has 0 radical (unpaired) electrons. The Morgan fingerprint density at radius 2 is 1.88 bits per heavy atom. The van der Waals surface area contributed by atoms with E-state index in [-0.39, 0.29) is 5.69 Å². The molecule has 1 N–H and O–H groups in total. The molecule has 1 amide bonds. The Morgan fingerprint density at radius 3 is 2.60 bits per heavy atom. The molecule has 6 nitrogen and oxygen atoms in total. The van der Waals surface area contributed by atoms with Gasteiger partial charge in [0.25, 0.3) is 5.91 Å². The second-order valence-electron chi connectivity index (χ2n) is 5.11. The van der Waals surface area contributed by atoms with Crippen molar-refractivity contribution < 1.29 is 18.8 Å². The lowest BCUT2D eigenvalue weighted by molar-refractivity contribution is 0.101. The molecule has 1 aromatic heterocycles. The number of carbonyl (C=O) groups excluding carboxylic acids is 1. The molecule has 0 spiro atoms. The highest BCUT2D eigenvalue weighted by Crippen LogP contribution is 2.30. The molecule has 2 aromatic carbocycles. The first-order valence-corrected chi connectivity index (χ1v) is 7.74. The number of hydrogen-bond donors (Lipinski definition) is 1. The quantitative estimate of drug-likeness (QED) is 0.737. The number of benzene rings is 2. The van der Waals surface area contributed by atoms with E-state index in [1.54, 1.807) is 49.6 Å². The molecule has 0 aliphatic carbocycles. The Hall–Kier alpha value is -2.99. The summed E-state index contributed by atoms with van der Waals surface area (Å²) in [4.78, 5) is 12.3. The van der Waals surface area contributed by atoms with Crippen molar-refractivity contribution in [2.24, 2.45) is 0 Å². The molecule has 0 bridgehead atoms. The fraction of sp³-hybridized carbons (Fsp3) is 0.111. The summed E-state index contributed by atoms with van der Waals surface area (Å²) >= 11 is 5.96. The van der Waals surface area contributed by atoms with E-state index in [0.717, 1.165) is 5.56 Å². The molecular weight excluding hydrogens is 344 g/mol. The summed E-state index contributed by atoms with van der Waals surface area (Å²) in [5.74, 6) is 1.15. The number of halogens is 1. The number of hydrogen-bond acceptors (Lipinski definition) is 5. The molecule has 0 saturated carbocycles. The fourth-order valence-corrected chi connectivity index (χ4v) is 2.46. The van der Waals surface area contributed by atoms with Crippen LogP contribution in [0.5, 0.6) is 11.5 Å². The van der Waals surface area contributed by atoms with Crippen LogP contribution in [-0.4, -0.2) is 25.3 Å². The topological polar surface area (TPSA) is 73.6 Å². The lowest BCUT2D eigenvalue weighted by Gasteiger charge is -2.09. The van der Waals surface area contributed by atoms with Gasteiger partial charge in [0.1, 0.15) is 0 Å². The molecule has 128 valence electrons. The number of aromatic nitrogens is 1. The summed E-state index contributed by atoms with van der Waals surface area (Å²) in [6.07, 6.45) is 0. The molecule has 1 heterocycles. The molecular formula is C18H15ClN2O4. The minimum Gasteiger partial charge on any atom is -0.493 e. The second-order valence-corrected chi connectivity index (χ2v) is 5.55. The van der Waals surface area contributed by atoms with E-state index in [4.69, 9.17) is 25.6 Å². The van der Waals surface area contributed by atoms with E-state index in [1.807, 2.05) is 6.07 Å². The van der Waals surface area contributed by atoms with Crippen LogP contribution in [-0.2, 0) is 0 Å². The van der Waals surface area contributed by atoms with Crippen LogP contribution < -0.4 is 14.8 Å². The molecule has 0 fully saturated rings. The van der Waals surface area contributed by atoms with E-state index in [2.05, 4.69) is 10.5 Å². The van der Waals surface area contributed by atoms with Crippen LogP contribution in [0.4, 0.5) is 5.69 Å². The van der Waals surface area contributed by atoms with Crippen LogP contribution in [0.3, 0.4) is 0 Å². The van der Waals surface area contributed by atoms with Crippen molar-refractivity contribution in [3.8, 4) is 22.8 Å². The smallest absolute Gasteiger partial charge is 0.277 e. The van der Waals surface area contributed by atoms with Crippen LogP contribution in [0.15, 0.2) is 53.1 Å². The van der Waals surface area contributed by atoms with Crippen molar-refractivity contribution in [3.05, 3.63) is 59.2 Å². The van der Waals surface area contributed by atoms with E-state index in [1.165, 1.54) is 7.11 Å². The molecule has 0 aliphatic heterocycles. The summed E-state index contributed by atoms with van der Waals surface area (Å²) in [5.41, 5.74) is 1.45. The number of nitrogens with one attached hydrogen (secondary N) is 1. The maximum Gasteiger partial charge on any atom is 0.277 e. The lowest BCUT2D eigenvalue weighted by Crippen LogP contribution is -2.12. The highest BCUT2D eigenvalue weighted by molar-refractivity contribution is 6.30. The van der Waals surface area contributed by atoms with E-state index >= 15 is 0 Å². The van der Waals surface area contributed by atoms with Gasteiger partial charge in [0.05, 0.1) is 14.2 Å². The molecule has 25 heavy (non-hydrogen) atoms. The van der Waals surface area contributed by atoms with Crippen LogP contribution in [0.25, 0.3) is 11.3 Å². The zero-order chi connectivity index (χ0) is 17.8. The lowest BCUT2D eigenvalue weighted by atomic mass is 10.1. The summed E-state index contributed by atoms with van der Waals surface area (Å²) in [5, 5.41) is 7.12. The maximum atomic E-state index is 12.3. The van der Waals surface area contributed by atoms with Crippen molar-refractivity contribution >= 4 is 23.2 Å². The van der Waals surface area contributed by atoms with Crippen LogP contribution >= 0.6 is 11.6 Å². The molecule has 0 atom stereocenters. The highest BCUT2D eigenvalue weighted by Gasteiger charge is 2.15. The predicted octanol–water partition coefficient (Wildman–Crippen LogP) is 4.26. The molecule has 3 aromatic rings. The average molecular weight is 359 g/mol. The van der Waals surface area contributed by atoms with Gasteiger partial charge < -0.3 is 19.3 Å². The number of rotatable bonds is 5.